The summed E-state index contributed by atoms with van der Waals surface area (Å²) in [6, 6.07) is 10.0. The molecule has 2 aromatic carbocycles. The van der Waals surface area contributed by atoms with Crippen molar-refractivity contribution < 1.29 is 22.9 Å². The summed E-state index contributed by atoms with van der Waals surface area (Å²) >= 11 is 1.64. The Morgan fingerprint density at radius 2 is 1.79 bits per heavy atom. The van der Waals surface area contributed by atoms with Gasteiger partial charge in [0.25, 0.3) is 5.91 Å². The molecule has 0 radical (unpaired) electrons. The summed E-state index contributed by atoms with van der Waals surface area (Å²) in [6.45, 7) is 5.55. The van der Waals surface area contributed by atoms with Gasteiger partial charge in [-0.25, -0.2) is 13.2 Å². The second kappa shape index (κ2) is 9.67. The predicted molar refractivity (Wildman–Crippen MR) is 109 cm³/mol. The Morgan fingerprint density at radius 1 is 1.14 bits per heavy atom. The molecule has 29 heavy (non-hydrogen) atoms. The second-order valence-electron chi connectivity index (χ2n) is 7.76. The highest BCUT2D eigenvalue weighted by molar-refractivity contribution is 7.99. The lowest BCUT2D eigenvalue weighted by atomic mass is 10.1. The van der Waals surface area contributed by atoms with Crippen molar-refractivity contribution in [2.45, 2.75) is 25.8 Å². The third-order valence-corrected chi connectivity index (χ3v) is 6.21. The fraction of sp³-hybridized carbons (Fsp3) is 0.409. The van der Waals surface area contributed by atoms with Gasteiger partial charge in [0.15, 0.2) is 6.54 Å². The topological polar surface area (TPSA) is 24.8 Å². The minimum atomic E-state index is -0.584. The first-order chi connectivity index (χ1) is 13.8. The van der Waals surface area contributed by atoms with Crippen molar-refractivity contribution in [2.24, 2.45) is 5.92 Å². The summed E-state index contributed by atoms with van der Waals surface area (Å²) in [7, 11) is 0. The minimum absolute atomic E-state index is 0.0156. The summed E-state index contributed by atoms with van der Waals surface area (Å²) < 4.78 is 41.5. The van der Waals surface area contributed by atoms with Crippen LogP contribution < -0.4 is 4.90 Å². The molecule has 0 saturated carbocycles. The zero-order valence-corrected chi connectivity index (χ0v) is 17.4. The maximum Gasteiger partial charge on any atom is 0.278 e. The van der Waals surface area contributed by atoms with E-state index in [4.69, 9.17) is 0 Å². The highest BCUT2D eigenvalue weighted by Gasteiger charge is 2.33. The number of carbonyl (C=O) groups is 1. The molecule has 156 valence electrons. The van der Waals surface area contributed by atoms with Gasteiger partial charge in [-0.1, -0.05) is 32.0 Å². The molecule has 7 heteroatoms. The van der Waals surface area contributed by atoms with E-state index in [2.05, 4.69) is 0 Å². The summed E-state index contributed by atoms with van der Waals surface area (Å²) in [5.41, 5.74) is 0.898. The smallest absolute Gasteiger partial charge is 0.278 e. The van der Waals surface area contributed by atoms with E-state index in [0.717, 1.165) is 16.2 Å². The van der Waals surface area contributed by atoms with Gasteiger partial charge in [-0.05, 0) is 29.8 Å². The standard InChI is InChI=1S/C22H25F3N2OS/c1-15(2)12-26(13-18-19(24)4-3-5-20(18)25)14-21(28)27-10-11-29-22(27)16-6-8-17(23)9-7-16/h3-9,15,22H,10-14H2,1-2H3/p+1/t22-/m0/s1. The van der Waals surface area contributed by atoms with Crippen molar-refractivity contribution >= 4 is 17.7 Å². The molecular formula is C22H26F3N2OS+. The Labute approximate surface area is 173 Å². The first-order valence-electron chi connectivity index (χ1n) is 9.78. The van der Waals surface area contributed by atoms with Crippen LogP contribution in [0.4, 0.5) is 13.2 Å². The van der Waals surface area contributed by atoms with Gasteiger partial charge in [-0.2, -0.15) is 0 Å². The van der Waals surface area contributed by atoms with Crippen LogP contribution in [0.25, 0.3) is 0 Å². The first kappa shape index (κ1) is 21.7. The van der Waals surface area contributed by atoms with E-state index in [0.29, 0.717) is 13.1 Å². The number of nitrogens with zero attached hydrogens (tertiary/aromatic N) is 1. The molecule has 1 fully saturated rings. The summed E-state index contributed by atoms with van der Waals surface area (Å²) in [5.74, 6) is -0.464. The third kappa shape index (κ3) is 5.54. The molecule has 2 atom stereocenters. The van der Waals surface area contributed by atoms with E-state index in [-0.39, 0.29) is 41.7 Å². The van der Waals surface area contributed by atoms with Crippen LogP contribution >= 0.6 is 11.8 Å². The molecule has 1 aliphatic rings. The Kier molecular flexibility index (Phi) is 7.24. The minimum Gasteiger partial charge on any atom is -0.323 e. The van der Waals surface area contributed by atoms with Crippen LogP contribution in [-0.2, 0) is 11.3 Å². The van der Waals surface area contributed by atoms with Crippen LogP contribution in [0.15, 0.2) is 42.5 Å². The molecule has 0 aromatic heterocycles. The van der Waals surface area contributed by atoms with Gasteiger partial charge in [0.05, 0.1) is 12.1 Å². The molecule has 1 heterocycles. The maximum absolute atomic E-state index is 14.1. The normalized spacial score (nSPS) is 17.7. The molecule has 1 amide bonds. The fourth-order valence-corrected chi connectivity index (χ4v) is 4.96. The number of hydrogen-bond donors (Lipinski definition) is 1. The van der Waals surface area contributed by atoms with Gasteiger partial charge in [0.2, 0.25) is 0 Å². The lowest BCUT2D eigenvalue weighted by molar-refractivity contribution is -0.909. The molecule has 1 N–H and O–H groups in total. The summed E-state index contributed by atoms with van der Waals surface area (Å²) in [6.07, 6.45) is 0. The Bertz CT molecular complexity index is 824. The van der Waals surface area contributed by atoms with Crippen LogP contribution in [0, 0.1) is 23.4 Å². The van der Waals surface area contributed by atoms with E-state index in [1.807, 2.05) is 13.8 Å². The third-order valence-electron chi connectivity index (χ3n) is 4.95. The predicted octanol–water partition coefficient (Wildman–Crippen LogP) is 3.42. The van der Waals surface area contributed by atoms with Crippen LogP contribution in [0.2, 0.25) is 0 Å². The van der Waals surface area contributed by atoms with E-state index in [1.54, 1.807) is 28.8 Å². The molecule has 0 bridgehead atoms. The maximum atomic E-state index is 14.1. The molecular weight excluding hydrogens is 397 g/mol. The molecule has 3 rings (SSSR count). The molecule has 1 saturated heterocycles. The van der Waals surface area contributed by atoms with Crippen molar-refractivity contribution in [3.8, 4) is 0 Å². The number of quaternary nitrogens is 1. The number of thioether (sulfide) groups is 1. The van der Waals surface area contributed by atoms with Crippen LogP contribution in [-0.4, -0.2) is 36.2 Å². The van der Waals surface area contributed by atoms with Crippen molar-refractivity contribution in [3.63, 3.8) is 0 Å². The second-order valence-corrected chi connectivity index (χ2v) is 8.95. The van der Waals surface area contributed by atoms with E-state index >= 15 is 0 Å². The van der Waals surface area contributed by atoms with Crippen molar-refractivity contribution in [1.29, 1.82) is 0 Å². The van der Waals surface area contributed by atoms with E-state index in [1.165, 1.54) is 30.3 Å². The lowest BCUT2D eigenvalue weighted by Gasteiger charge is -2.27. The van der Waals surface area contributed by atoms with E-state index in [9.17, 15) is 18.0 Å². The molecule has 0 spiro atoms. The van der Waals surface area contributed by atoms with Crippen molar-refractivity contribution in [1.82, 2.24) is 4.90 Å². The number of rotatable bonds is 7. The lowest BCUT2D eigenvalue weighted by Crippen LogP contribution is -3.12. The Hall–Kier alpha value is -1.99. The largest absolute Gasteiger partial charge is 0.323 e. The van der Waals surface area contributed by atoms with Gasteiger partial charge in [0.1, 0.15) is 29.4 Å². The number of hydrogen-bond acceptors (Lipinski definition) is 2. The Morgan fingerprint density at radius 3 is 2.41 bits per heavy atom. The zero-order chi connectivity index (χ0) is 21.0. The van der Waals surface area contributed by atoms with Crippen LogP contribution in [0.1, 0.15) is 30.3 Å². The molecule has 1 aliphatic heterocycles. The van der Waals surface area contributed by atoms with Gasteiger partial charge in [-0.3, -0.25) is 4.79 Å². The van der Waals surface area contributed by atoms with Gasteiger partial charge in [-0.15, -0.1) is 11.8 Å². The average Bonchev–Trinajstić information content (AvgIpc) is 3.15. The zero-order valence-electron chi connectivity index (χ0n) is 16.6. The number of benzene rings is 2. The van der Waals surface area contributed by atoms with Crippen molar-refractivity contribution in [3.05, 3.63) is 71.0 Å². The molecule has 1 unspecified atom stereocenters. The first-order valence-corrected chi connectivity index (χ1v) is 10.8. The monoisotopic (exact) mass is 423 g/mol. The van der Waals surface area contributed by atoms with E-state index < -0.39 is 11.6 Å². The summed E-state index contributed by atoms with van der Waals surface area (Å²) in [5, 5.41) is -0.159. The highest BCUT2D eigenvalue weighted by Crippen LogP contribution is 2.37. The number of halogens is 3. The average molecular weight is 424 g/mol. The van der Waals surface area contributed by atoms with Crippen LogP contribution in [0.5, 0.6) is 0 Å². The fourth-order valence-electron chi connectivity index (χ4n) is 3.68. The number of nitrogens with one attached hydrogen (secondary N) is 1. The highest BCUT2D eigenvalue weighted by atomic mass is 32.2. The van der Waals surface area contributed by atoms with Gasteiger partial charge in [0, 0.05) is 18.2 Å². The quantitative estimate of drug-likeness (QED) is 0.738. The van der Waals surface area contributed by atoms with Gasteiger partial charge < -0.3 is 9.80 Å². The summed E-state index contributed by atoms with van der Waals surface area (Å²) in [4.78, 5) is 15.7. The van der Waals surface area contributed by atoms with Crippen LogP contribution in [0.3, 0.4) is 0 Å². The molecule has 3 nitrogen and oxygen atoms in total. The SMILES string of the molecule is CC(C)C[NH+](CC(=O)N1CCS[C@H]1c1ccc(F)cc1)Cc1c(F)cccc1F. The van der Waals surface area contributed by atoms with Crippen molar-refractivity contribution in [2.75, 3.05) is 25.4 Å². The molecule has 0 aliphatic carbocycles. The van der Waals surface area contributed by atoms with Gasteiger partial charge >= 0.3 is 0 Å². The number of carbonyl (C=O) groups excluding carboxylic acids is 1. The Balaban J connectivity index is 1.74. The number of amides is 1. The molecule has 2 aromatic rings.